The van der Waals surface area contributed by atoms with Gasteiger partial charge < -0.3 is 5.32 Å². The van der Waals surface area contributed by atoms with Crippen LogP contribution < -0.4 is 9.62 Å². The molecule has 5 nitrogen and oxygen atoms in total. The Hall–Kier alpha value is -3.12. The summed E-state index contributed by atoms with van der Waals surface area (Å²) in [6, 6.07) is 24.1. The van der Waals surface area contributed by atoms with Crippen molar-refractivity contribution in [3.63, 3.8) is 0 Å². The molecule has 0 radical (unpaired) electrons. The van der Waals surface area contributed by atoms with Gasteiger partial charge in [-0.3, -0.25) is 9.10 Å². The SMILES string of the molecule is Cc1ccc(S(=O)(=O)N(CC(=O)NC(C)CC(C)(C)c2ccccc2)c2ccc(C(C)C)cc2)cc1. The fraction of sp³-hybridized carbons (Fsp3) is 0.367. The molecule has 0 aliphatic carbocycles. The van der Waals surface area contributed by atoms with Crippen LogP contribution in [-0.4, -0.2) is 26.9 Å². The first kappa shape index (κ1) is 27.5. The van der Waals surface area contributed by atoms with Gasteiger partial charge in [0.15, 0.2) is 0 Å². The summed E-state index contributed by atoms with van der Waals surface area (Å²) in [7, 11) is -3.94. The first-order valence-corrected chi connectivity index (χ1v) is 13.9. The van der Waals surface area contributed by atoms with Gasteiger partial charge in [0.05, 0.1) is 10.6 Å². The Balaban J connectivity index is 1.83. The van der Waals surface area contributed by atoms with Crippen LogP contribution in [0.25, 0.3) is 0 Å². The number of amides is 1. The van der Waals surface area contributed by atoms with Crippen LogP contribution in [0.4, 0.5) is 5.69 Å². The van der Waals surface area contributed by atoms with Gasteiger partial charge in [-0.1, -0.05) is 87.9 Å². The van der Waals surface area contributed by atoms with Crippen molar-refractivity contribution in [3.05, 3.63) is 95.6 Å². The largest absolute Gasteiger partial charge is 0.352 e. The fourth-order valence-electron chi connectivity index (χ4n) is 4.45. The number of hydrogen-bond acceptors (Lipinski definition) is 3. The molecule has 0 fully saturated rings. The molecule has 0 spiro atoms. The zero-order valence-electron chi connectivity index (χ0n) is 22.2. The molecule has 0 aromatic heterocycles. The normalized spacial score (nSPS) is 12.9. The second-order valence-corrected chi connectivity index (χ2v) is 12.4. The smallest absolute Gasteiger partial charge is 0.264 e. The topological polar surface area (TPSA) is 66.5 Å². The van der Waals surface area contributed by atoms with Crippen molar-refractivity contribution in [1.29, 1.82) is 0 Å². The van der Waals surface area contributed by atoms with Gasteiger partial charge in [0.25, 0.3) is 10.0 Å². The standard InChI is InChI=1S/C30H38N2O3S/c1-22(2)25-14-16-27(17-15-25)32(36(34,35)28-18-12-23(3)13-19-28)21-29(33)31-24(4)20-30(5,6)26-10-8-7-9-11-26/h7-19,22,24H,20-21H2,1-6H3,(H,31,33). The third-order valence-corrected chi connectivity index (χ3v) is 8.31. The molecule has 1 unspecified atom stereocenters. The number of hydrogen-bond donors (Lipinski definition) is 1. The lowest BCUT2D eigenvalue weighted by Crippen LogP contribution is -2.45. The van der Waals surface area contributed by atoms with Crippen molar-refractivity contribution in [1.82, 2.24) is 5.32 Å². The second kappa shape index (κ2) is 11.3. The van der Waals surface area contributed by atoms with E-state index in [0.717, 1.165) is 17.5 Å². The lowest BCUT2D eigenvalue weighted by Gasteiger charge is -2.30. The molecular weight excluding hydrogens is 468 g/mol. The molecule has 1 atom stereocenters. The number of anilines is 1. The van der Waals surface area contributed by atoms with Crippen molar-refractivity contribution < 1.29 is 13.2 Å². The predicted molar refractivity (Wildman–Crippen MR) is 148 cm³/mol. The minimum atomic E-state index is -3.94. The highest BCUT2D eigenvalue weighted by molar-refractivity contribution is 7.92. The number of nitrogens with one attached hydrogen (secondary N) is 1. The minimum absolute atomic E-state index is 0.139. The van der Waals surface area contributed by atoms with E-state index in [9.17, 15) is 13.2 Å². The molecule has 0 aliphatic heterocycles. The number of rotatable bonds is 10. The van der Waals surface area contributed by atoms with Gasteiger partial charge in [-0.2, -0.15) is 0 Å². The monoisotopic (exact) mass is 506 g/mol. The van der Waals surface area contributed by atoms with E-state index >= 15 is 0 Å². The van der Waals surface area contributed by atoms with Crippen LogP contribution in [-0.2, 0) is 20.2 Å². The number of sulfonamides is 1. The van der Waals surface area contributed by atoms with Crippen LogP contribution >= 0.6 is 0 Å². The quantitative estimate of drug-likeness (QED) is 0.357. The summed E-state index contributed by atoms with van der Waals surface area (Å²) in [5, 5.41) is 3.02. The predicted octanol–water partition coefficient (Wildman–Crippen LogP) is 6.19. The second-order valence-electron chi connectivity index (χ2n) is 10.5. The highest BCUT2D eigenvalue weighted by Crippen LogP contribution is 2.29. The van der Waals surface area contributed by atoms with Crippen LogP contribution in [0.5, 0.6) is 0 Å². The summed E-state index contributed by atoms with van der Waals surface area (Å²) in [5.41, 5.74) is 3.59. The van der Waals surface area contributed by atoms with E-state index in [2.05, 4.69) is 45.1 Å². The van der Waals surface area contributed by atoms with E-state index in [1.54, 1.807) is 36.4 Å². The molecule has 3 rings (SSSR count). The number of nitrogens with zero attached hydrogens (tertiary/aromatic N) is 1. The first-order valence-electron chi connectivity index (χ1n) is 12.4. The average molecular weight is 507 g/mol. The maximum Gasteiger partial charge on any atom is 0.264 e. The van der Waals surface area contributed by atoms with Gasteiger partial charge in [0.1, 0.15) is 6.54 Å². The van der Waals surface area contributed by atoms with Crippen molar-refractivity contribution in [2.75, 3.05) is 10.8 Å². The molecule has 0 heterocycles. The molecule has 192 valence electrons. The number of benzene rings is 3. The van der Waals surface area contributed by atoms with Crippen molar-refractivity contribution in [2.45, 2.75) is 70.2 Å². The first-order chi connectivity index (χ1) is 16.9. The zero-order valence-corrected chi connectivity index (χ0v) is 23.0. The third kappa shape index (κ3) is 6.76. The number of carbonyl (C=O) groups excluding carboxylic acids is 1. The molecule has 6 heteroatoms. The molecule has 0 aliphatic rings. The zero-order chi connectivity index (χ0) is 26.5. The lowest BCUT2D eigenvalue weighted by molar-refractivity contribution is -0.120. The van der Waals surface area contributed by atoms with E-state index in [4.69, 9.17) is 0 Å². The van der Waals surface area contributed by atoms with E-state index in [-0.39, 0.29) is 28.8 Å². The van der Waals surface area contributed by atoms with Crippen molar-refractivity contribution in [2.24, 2.45) is 0 Å². The van der Waals surface area contributed by atoms with Gasteiger partial charge in [-0.25, -0.2) is 8.42 Å². The Morgan fingerprint density at radius 1 is 0.889 bits per heavy atom. The Bertz CT molecular complexity index is 1250. The Kier molecular flexibility index (Phi) is 8.62. The molecule has 3 aromatic carbocycles. The van der Waals surface area contributed by atoms with E-state index < -0.39 is 10.0 Å². The number of aryl methyl sites for hydroxylation is 1. The molecule has 1 amide bonds. The van der Waals surface area contributed by atoms with Crippen LogP contribution in [0.3, 0.4) is 0 Å². The van der Waals surface area contributed by atoms with E-state index in [0.29, 0.717) is 11.6 Å². The van der Waals surface area contributed by atoms with Crippen LogP contribution in [0, 0.1) is 6.92 Å². The fourth-order valence-corrected chi connectivity index (χ4v) is 5.87. The van der Waals surface area contributed by atoms with Crippen LogP contribution in [0.2, 0.25) is 0 Å². The Morgan fingerprint density at radius 3 is 2.03 bits per heavy atom. The summed E-state index contributed by atoms with van der Waals surface area (Å²) in [6.45, 7) is 12.0. The maximum absolute atomic E-state index is 13.6. The average Bonchev–Trinajstić information content (AvgIpc) is 2.83. The lowest BCUT2D eigenvalue weighted by atomic mass is 9.79. The Morgan fingerprint density at radius 2 is 1.47 bits per heavy atom. The van der Waals surface area contributed by atoms with Gasteiger partial charge in [-0.15, -0.1) is 0 Å². The summed E-state index contributed by atoms with van der Waals surface area (Å²) >= 11 is 0. The van der Waals surface area contributed by atoms with Gasteiger partial charge >= 0.3 is 0 Å². The molecule has 1 N–H and O–H groups in total. The van der Waals surface area contributed by atoms with E-state index in [1.165, 1.54) is 9.87 Å². The van der Waals surface area contributed by atoms with Crippen molar-refractivity contribution >= 4 is 21.6 Å². The molecule has 36 heavy (non-hydrogen) atoms. The number of carbonyl (C=O) groups is 1. The van der Waals surface area contributed by atoms with Gasteiger partial charge in [0, 0.05) is 6.04 Å². The molecule has 0 saturated carbocycles. The third-order valence-electron chi connectivity index (χ3n) is 6.52. The van der Waals surface area contributed by atoms with Crippen LogP contribution in [0.15, 0.2) is 83.8 Å². The molecule has 0 bridgehead atoms. The highest BCUT2D eigenvalue weighted by atomic mass is 32.2. The maximum atomic E-state index is 13.6. The van der Waals surface area contributed by atoms with Gasteiger partial charge in [0.2, 0.25) is 5.91 Å². The van der Waals surface area contributed by atoms with Gasteiger partial charge in [-0.05, 0) is 67.0 Å². The summed E-state index contributed by atoms with van der Waals surface area (Å²) < 4.78 is 28.5. The van der Waals surface area contributed by atoms with E-state index in [1.807, 2.05) is 44.2 Å². The molecular formula is C30H38N2O3S. The van der Waals surface area contributed by atoms with Crippen LogP contribution in [0.1, 0.15) is 63.6 Å². The highest BCUT2D eigenvalue weighted by Gasteiger charge is 2.29. The summed E-state index contributed by atoms with van der Waals surface area (Å²) in [5.74, 6) is -0.0201. The van der Waals surface area contributed by atoms with Crippen molar-refractivity contribution in [3.8, 4) is 0 Å². The summed E-state index contributed by atoms with van der Waals surface area (Å²) in [4.78, 5) is 13.3. The Labute approximate surface area is 216 Å². The molecule has 0 saturated heterocycles. The summed E-state index contributed by atoms with van der Waals surface area (Å²) in [6.07, 6.45) is 0.719. The molecule has 3 aromatic rings. The minimum Gasteiger partial charge on any atom is -0.352 e.